The zero-order valence-electron chi connectivity index (χ0n) is 15.8. The number of aliphatic carboxylic acids is 1. The maximum atomic E-state index is 13.0. The Morgan fingerprint density at radius 2 is 2.03 bits per heavy atom. The van der Waals surface area contributed by atoms with Gasteiger partial charge in [-0.2, -0.15) is 0 Å². The van der Waals surface area contributed by atoms with E-state index in [9.17, 15) is 18.0 Å². The molecule has 1 fully saturated rings. The summed E-state index contributed by atoms with van der Waals surface area (Å²) in [5.74, 6) is -1.16. The van der Waals surface area contributed by atoms with Crippen LogP contribution in [0.25, 0.3) is 0 Å². The van der Waals surface area contributed by atoms with E-state index in [0.29, 0.717) is 16.1 Å². The number of hydrogen-bond donors (Lipinski definition) is 2. The lowest BCUT2D eigenvalue weighted by molar-refractivity contribution is -0.137. The van der Waals surface area contributed by atoms with Gasteiger partial charge < -0.3 is 9.67 Å². The molecule has 3 rings (SSSR count). The SMILES string of the molecule is Cc1c(Cc2ccc(I)cc2Cl)c(NS(=O)(=O)C2(CC(=O)O)CC2)cn(C)c1=O. The van der Waals surface area contributed by atoms with Gasteiger partial charge in [0.15, 0.2) is 0 Å². The number of sulfonamides is 1. The molecule has 7 nitrogen and oxygen atoms in total. The Hall–Kier alpha value is -1.59. The summed E-state index contributed by atoms with van der Waals surface area (Å²) in [5, 5.41) is 9.62. The predicted octanol–water partition coefficient (Wildman–Crippen LogP) is 3.29. The Balaban J connectivity index is 2.05. The molecule has 0 saturated heterocycles. The van der Waals surface area contributed by atoms with Gasteiger partial charge in [0.25, 0.3) is 5.56 Å². The number of anilines is 1. The van der Waals surface area contributed by atoms with Gasteiger partial charge in [-0.25, -0.2) is 8.42 Å². The monoisotopic (exact) mass is 550 g/mol. The van der Waals surface area contributed by atoms with Crippen LogP contribution in [0.4, 0.5) is 5.69 Å². The van der Waals surface area contributed by atoms with Crippen LogP contribution >= 0.6 is 34.2 Å². The molecule has 0 atom stereocenters. The van der Waals surface area contributed by atoms with Crippen molar-refractivity contribution >= 4 is 55.9 Å². The van der Waals surface area contributed by atoms with E-state index in [1.807, 2.05) is 12.1 Å². The molecule has 1 aliphatic rings. The van der Waals surface area contributed by atoms with E-state index < -0.39 is 27.2 Å². The van der Waals surface area contributed by atoms with Gasteiger partial charge >= 0.3 is 5.97 Å². The first-order valence-electron chi connectivity index (χ1n) is 8.83. The summed E-state index contributed by atoms with van der Waals surface area (Å²) in [4.78, 5) is 23.6. The number of nitrogens with one attached hydrogen (secondary N) is 1. The van der Waals surface area contributed by atoms with Crippen LogP contribution in [-0.2, 0) is 28.3 Å². The van der Waals surface area contributed by atoms with Crippen LogP contribution in [0.15, 0.2) is 29.2 Å². The Morgan fingerprint density at radius 1 is 1.38 bits per heavy atom. The van der Waals surface area contributed by atoms with Gasteiger partial charge in [0.05, 0.1) is 12.1 Å². The van der Waals surface area contributed by atoms with Crippen molar-refractivity contribution in [2.75, 3.05) is 4.72 Å². The minimum atomic E-state index is -3.96. The van der Waals surface area contributed by atoms with Gasteiger partial charge in [0, 0.05) is 33.8 Å². The first kappa shape index (κ1) is 22.1. The molecule has 0 unspecified atom stereocenters. The van der Waals surface area contributed by atoms with Gasteiger partial charge in [0.2, 0.25) is 10.0 Å². The molecule has 1 aromatic heterocycles. The molecule has 0 aliphatic heterocycles. The number of nitrogens with zero attached hydrogens (tertiary/aromatic N) is 1. The smallest absolute Gasteiger partial charge is 0.305 e. The number of aromatic nitrogens is 1. The fraction of sp³-hybridized carbons (Fsp3) is 0.368. The lowest BCUT2D eigenvalue weighted by Gasteiger charge is -2.20. The first-order valence-corrected chi connectivity index (χ1v) is 11.8. The molecule has 1 heterocycles. The van der Waals surface area contributed by atoms with Crippen LogP contribution in [0.5, 0.6) is 0 Å². The number of rotatable bonds is 7. The standard InChI is InChI=1S/C19H20ClIN2O5S/c1-11-14(7-12-3-4-13(21)8-15(12)20)16(10-23(2)18(11)26)22-29(27,28)19(5-6-19)9-17(24)25/h3-4,8,10,22H,5-7,9H2,1-2H3,(H,24,25). The molecule has 2 N–H and O–H groups in total. The molecule has 10 heteroatoms. The number of benzene rings is 1. The van der Waals surface area contributed by atoms with Crippen LogP contribution in [0.1, 0.15) is 36.0 Å². The predicted molar refractivity (Wildman–Crippen MR) is 120 cm³/mol. The van der Waals surface area contributed by atoms with Crippen molar-refractivity contribution in [2.24, 2.45) is 7.05 Å². The van der Waals surface area contributed by atoms with E-state index in [1.165, 1.54) is 10.8 Å². The second kappa shape index (κ2) is 7.92. The van der Waals surface area contributed by atoms with E-state index >= 15 is 0 Å². The average molecular weight is 551 g/mol. The third-order valence-electron chi connectivity index (χ3n) is 5.22. The van der Waals surface area contributed by atoms with Crippen LogP contribution in [0.3, 0.4) is 0 Å². The lowest BCUT2D eigenvalue weighted by atomic mass is 10.0. The molecule has 1 saturated carbocycles. The number of halogens is 2. The summed E-state index contributed by atoms with van der Waals surface area (Å²) in [6.07, 6.45) is 1.82. The Labute approximate surface area is 187 Å². The van der Waals surface area contributed by atoms with Crippen molar-refractivity contribution in [3.05, 3.63) is 60.0 Å². The molecule has 156 valence electrons. The van der Waals surface area contributed by atoms with Crippen molar-refractivity contribution in [3.63, 3.8) is 0 Å². The van der Waals surface area contributed by atoms with Crippen molar-refractivity contribution in [3.8, 4) is 0 Å². The molecule has 0 spiro atoms. The van der Waals surface area contributed by atoms with E-state index in [-0.39, 0.29) is 30.5 Å². The molecule has 29 heavy (non-hydrogen) atoms. The third-order valence-corrected chi connectivity index (χ3v) is 8.42. The maximum Gasteiger partial charge on any atom is 0.305 e. The highest BCUT2D eigenvalue weighted by Crippen LogP contribution is 2.47. The lowest BCUT2D eigenvalue weighted by Crippen LogP contribution is -2.33. The largest absolute Gasteiger partial charge is 0.481 e. The Bertz CT molecular complexity index is 1160. The summed E-state index contributed by atoms with van der Waals surface area (Å²) in [5.41, 5.74) is 1.71. The molecule has 2 aromatic rings. The average Bonchev–Trinajstić information content (AvgIpc) is 3.38. The third kappa shape index (κ3) is 4.46. The maximum absolute atomic E-state index is 13.0. The highest BCUT2D eigenvalue weighted by molar-refractivity contribution is 14.1. The first-order chi connectivity index (χ1) is 13.5. The van der Waals surface area contributed by atoms with E-state index in [4.69, 9.17) is 16.7 Å². The second-order valence-electron chi connectivity index (χ2n) is 7.33. The van der Waals surface area contributed by atoms with E-state index in [1.54, 1.807) is 20.0 Å². The summed E-state index contributed by atoms with van der Waals surface area (Å²) >= 11 is 8.48. The van der Waals surface area contributed by atoms with Crippen LogP contribution in [0.2, 0.25) is 5.02 Å². The fourth-order valence-electron chi connectivity index (χ4n) is 3.31. The Morgan fingerprint density at radius 3 is 2.59 bits per heavy atom. The molecular formula is C19H20ClIN2O5S. The second-order valence-corrected chi connectivity index (χ2v) is 11.1. The highest BCUT2D eigenvalue weighted by Gasteiger charge is 2.56. The van der Waals surface area contributed by atoms with Gasteiger partial charge in [-0.1, -0.05) is 17.7 Å². The zero-order valence-corrected chi connectivity index (χ0v) is 19.6. The minimum absolute atomic E-state index is 0.240. The summed E-state index contributed by atoms with van der Waals surface area (Å²) in [6, 6.07) is 5.52. The van der Waals surface area contributed by atoms with Gasteiger partial charge in [-0.3, -0.25) is 14.3 Å². The summed E-state index contributed by atoms with van der Waals surface area (Å²) in [6.45, 7) is 1.64. The highest BCUT2D eigenvalue weighted by atomic mass is 127. The number of aryl methyl sites for hydroxylation is 1. The van der Waals surface area contributed by atoms with Gasteiger partial charge in [-0.15, -0.1) is 0 Å². The summed E-state index contributed by atoms with van der Waals surface area (Å²) in [7, 11) is -2.41. The zero-order chi connectivity index (χ0) is 21.6. The number of carboxylic acids is 1. The molecule has 0 amide bonds. The topological polar surface area (TPSA) is 105 Å². The quantitative estimate of drug-likeness (QED) is 0.515. The van der Waals surface area contributed by atoms with Crippen molar-refractivity contribution in [2.45, 2.75) is 37.4 Å². The number of pyridine rings is 1. The molecular weight excluding hydrogens is 531 g/mol. The normalized spacial score (nSPS) is 15.2. The van der Waals surface area contributed by atoms with E-state index in [0.717, 1.165) is 9.13 Å². The number of hydrogen-bond acceptors (Lipinski definition) is 4. The summed E-state index contributed by atoms with van der Waals surface area (Å²) < 4.78 is 29.4. The van der Waals surface area contributed by atoms with Crippen LogP contribution in [0, 0.1) is 10.5 Å². The van der Waals surface area contributed by atoms with Crippen molar-refractivity contribution in [1.82, 2.24) is 4.57 Å². The fourth-order valence-corrected chi connectivity index (χ4v) is 5.86. The minimum Gasteiger partial charge on any atom is -0.481 e. The van der Waals surface area contributed by atoms with Gasteiger partial charge in [0.1, 0.15) is 4.75 Å². The molecule has 0 radical (unpaired) electrons. The van der Waals surface area contributed by atoms with Gasteiger partial charge in [-0.05, 0) is 65.6 Å². The van der Waals surface area contributed by atoms with Crippen molar-refractivity contribution < 1.29 is 18.3 Å². The molecule has 1 aromatic carbocycles. The number of carbonyl (C=O) groups is 1. The van der Waals surface area contributed by atoms with Crippen LogP contribution in [-0.4, -0.2) is 28.8 Å². The molecule has 1 aliphatic carbocycles. The number of carboxylic acid groups (broad SMARTS) is 1. The van der Waals surface area contributed by atoms with Crippen molar-refractivity contribution in [1.29, 1.82) is 0 Å². The molecule has 0 bridgehead atoms. The van der Waals surface area contributed by atoms with E-state index in [2.05, 4.69) is 27.3 Å². The van der Waals surface area contributed by atoms with Crippen LogP contribution < -0.4 is 10.3 Å². The Kier molecular flexibility index (Phi) is 6.03.